The Bertz CT molecular complexity index is 1610. The molecule has 0 bridgehead atoms. The van der Waals surface area contributed by atoms with E-state index in [2.05, 4.69) is 22.2 Å². The van der Waals surface area contributed by atoms with E-state index in [4.69, 9.17) is 10.7 Å². The number of piperidine rings is 1. The van der Waals surface area contributed by atoms with Crippen LogP contribution in [0.4, 0.5) is 24.8 Å². The number of carbonyl (C=O) groups excluding carboxylic acids is 2. The lowest BCUT2D eigenvalue weighted by Gasteiger charge is -2.37. The third kappa shape index (κ3) is 6.06. The van der Waals surface area contributed by atoms with Gasteiger partial charge in [0.05, 0.1) is 5.56 Å². The fraction of sp³-hybridized carbons (Fsp3) is 0.345. The summed E-state index contributed by atoms with van der Waals surface area (Å²) in [7, 11) is 0. The highest BCUT2D eigenvalue weighted by Crippen LogP contribution is 2.35. The van der Waals surface area contributed by atoms with Gasteiger partial charge >= 0.3 is 6.18 Å². The molecule has 0 aliphatic carbocycles. The molecule has 9 nitrogen and oxygen atoms in total. The summed E-state index contributed by atoms with van der Waals surface area (Å²) >= 11 is 1.65. The van der Waals surface area contributed by atoms with E-state index in [-0.39, 0.29) is 29.2 Å². The van der Waals surface area contributed by atoms with Crippen LogP contribution in [0.2, 0.25) is 0 Å². The molecule has 4 aromatic rings. The highest BCUT2D eigenvalue weighted by Gasteiger charge is 2.33. The van der Waals surface area contributed by atoms with Crippen LogP contribution in [-0.4, -0.2) is 60.7 Å². The molecule has 220 valence electrons. The molecule has 1 aliphatic heterocycles. The number of benzene rings is 1. The molecule has 2 amide bonds. The Morgan fingerprint density at radius 2 is 1.88 bits per heavy atom. The van der Waals surface area contributed by atoms with Gasteiger partial charge in [-0.3, -0.25) is 14.0 Å². The minimum atomic E-state index is -4.55. The second-order valence-electron chi connectivity index (χ2n) is 10.2. The van der Waals surface area contributed by atoms with Crippen molar-refractivity contribution in [2.45, 2.75) is 44.3 Å². The third-order valence-electron chi connectivity index (χ3n) is 7.45. The number of amides is 2. The van der Waals surface area contributed by atoms with Crippen LogP contribution < -0.4 is 11.1 Å². The van der Waals surface area contributed by atoms with Crippen molar-refractivity contribution in [2.24, 2.45) is 0 Å². The third-order valence-corrected chi connectivity index (χ3v) is 8.06. The zero-order valence-electron chi connectivity index (χ0n) is 23.1. The quantitative estimate of drug-likeness (QED) is 0.289. The number of nitrogens with one attached hydrogen (secondary N) is 1. The molecule has 0 unspecified atom stereocenters. The molecule has 0 saturated carbocycles. The number of rotatable bonds is 7. The van der Waals surface area contributed by atoms with Gasteiger partial charge < -0.3 is 16.0 Å². The van der Waals surface area contributed by atoms with Crippen LogP contribution in [0.25, 0.3) is 16.8 Å². The molecular formula is C29H30F3N7O2S. The molecule has 4 heterocycles. The number of halogens is 3. The molecule has 1 fully saturated rings. The minimum absolute atomic E-state index is 0.00695. The van der Waals surface area contributed by atoms with E-state index in [9.17, 15) is 22.8 Å². The number of hydrogen-bond acceptors (Lipinski definition) is 7. The number of carbonyl (C=O) groups is 2. The molecule has 1 saturated heterocycles. The molecule has 3 aromatic heterocycles. The van der Waals surface area contributed by atoms with Crippen molar-refractivity contribution in [3.8, 4) is 11.3 Å². The van der Waals surface area contributed by atoms with Crippen LogP contribution in [0.1, 0.15) is 53.8 Å². The van der Waals surface area contributed by atoms with Crippen LogP contribution >= 0.6 is 11.8 Å². The SMILES string of the molecule is CSCCC(=O)N1C[C@H](c2nc(-c3ccc(C(=O)Nc4cc(C(F)(F)F)ccn4)cc3)c3c(N)nccn23)CC[C@H]1C. The second kappa shape index (κ2) is 12.0. The van der Waals surface area contributed by atoms with Gasteiger partial charge in [-0.05, 0) is 50.3 Å². The summed E-state index contributed by atoms with van der Waals surface area (Å²) in [4.78, 5) is 40.7. The first-order valence-electron chi connectivity index (χ1n) is 13.4. The lowest BCUT2D eigenvalue weighted by molar-refractivity contribution is -0.137. The first-order chi connectivity index (χ1) is 20.1. The van der Waals surface area contributed by atoms with Gasteiger partial charge in [0.15, 0.2) is 0 Å². The molecule has 1 aromatic carbocycles. The minimum Gasteiger partial charge on any atom is -0.382 e. The summed E-state index contributed by atoms with van der Waals surface area (Å²) in [6.45, 7) is 2.63. The molecule has 0 spiro atoms. The number of hydrogen-bond donors (Lipinski definition) is 2. The van der Waals surface area contributed by atoms with Crippen LogP contribution in [0, 0.1) is 0 Å². The Kier molecular flexibility index (Phi) is 8.39. The Morgan fingerprint density at radius 3 is 2.60 bits per heavy atom. The second-order valence-corrected chi connectivity index (χ2v) is 11.2. The maximum Gasteiger partial charge on any atom is 0.416 e. The zero-order valence-corrected chi connectivity index (χ0v) is 23.9. The van der Waals surface area contributed by atoms with Crippen LogP contribution in [0.15, 0.2) is 55.0 Å². The summed E-state index contributed by atoms with van der Waals surface area (Å²) in [6, 6.07) is 8.29. The van der Waals surface area contributed by atoms with E-state index in [0.717, 1.165) is 42.7 Å². The fourth-order valence-corrected chi connectivity index (χ4v) is 5.60. The normalized spacial score (nSPS) is 17.4. The molecule has 42 heavy (non-hydrogen) atoms. The van der Waals surface area contributed by atoms with E-state index >= 15 is 0 Å². The standard InChI is InChI=1S/C29H30F3N7O2S/c1-17-3-4-20(16-39(17)23(40)10-14-42-2)27-37-24(25-26(33)35-12-13-38(25)27)18-5-7-19(8-6-18)28(41)36-22-15-21(9-11-34-22)29(30,31)32/h5-9,11-13,15,17,20H,3-4,10,14,16H2,1-2H3,(H2,33,35)(H,34,36,41)/t17-,20-/m1/s1. The Hall–Kier alpha value is -4.13. The van der Waals surface area contributed by atoms with Crippen molar-refractivity contribution in [3.63, 3.8) is 0 Å². The van der Waals surface area contributed by atoms with Gasteiger partial charge in [-0.15, -0.1) is 0 Å². The number of alkyl halides is 3. The van der Waals surface area contributed by atoms with Crippen molar-refractivity contribution >= 4 is 40.7 Å². The van der Waals surface area contributed by atoms with E-state index in [1.807, 2.05) is 15.6 Å². The zero-order chi connectivity index (χ0) is 30.0. The molecule has 1 aliphatic rings. The number of aromatic nitrogens is 4. The lowest BCUT2D eigenvalue weighted by Crippen LogP contribution is -2.45. The molecule has 13 heteroatoms. The summed E-state index contributed by atoms with van der Waals surface area (Å²) < 4.78 is 41.0. The summed E-state index contributed by atoms with van der Waals surface area (Å²) in [5.74, 6) is 1.17. The highest BCUT2D eigenvalue weighted by atomic mass is 32.2. The van der Waals surface area contributed by atoms with Gasteiger partial charge in [-0.25, -0.2) is 15.0 Å². The maximum absolute atomic E-state index is 13.0. The number of fused-ring (bicyclic) bond motifs is 1. The first kappa shape index (κ1) is 29.4. The number of imidazole rings is 1. The van der Waals surface area contributed by atoms with E-state index in [1.165, 1.54) is 0 Å². The smallest absolute Gasteiger partial charge is 0.382 e. The van der Waals surface area contributed by atoms with Crippen LogP contribution in [-0.2, 0) is 11.0 Å². The van der Waals surface area contributed by atoms with Gasteiger partial charge in [0.1, 0.15) is 28.7 Å². The van der Waals surface area contributed by atoms with Crippen LogP contribution in [0.5, 0.6) is 0 Å². The highest BCUT2D eigenvalue weighted by molar-refractivity contribution is 7.98. The Morgan fingerprint density at radius 1 is 1.12 bits per heavy atom. The van der Waals surface area contributed by atoms with Crippen molar-refractivity contribution < 1.29 is 22.8 Å². The number of thioether (sulfide) groups is 1. The molecular weight excluding hydrogens is 567 g/mol. The molecule has 0 radical (unpaired) electrons. The van der Waals surface area contributed by atoms with E-state index in [0.29, 0.717) is 35.6 Å². The predicted octanol–water partition coefficient (Wildman–Crippen LogP) is 5.49. The number of anilines is 2. The number of likely N-dealkylation sites (tertiary alicyclic amines) is 1. The fourth-order valence-electron chi connectivity index (χ4n) is 5.22. The van der Waals surface area contributed by atoms with E-state index in [1.54, 1.807) is 48.4 Å². The molecule has 2 atom stereocenters. The average molecular weight is 598 g/mol. The van der Waals surface area contributed by atoms with Crippen molar-refractivity contribution in [2.75, 3.05) is 29.6 Å². The Labute approximate surface area is 244 Å². The number of nitrogen functional groups attached to an aromatic ring is 1. The van der Waals surface area contributed by atoms with Crippen LogP contribution in [0.3, 0.4) is 0 Å². The van der Waals surface area contributed by atoms with Crippen molar-refractivity contribution in [1.82, 2.24) is 24.3 Å². The van der Waals surface area contributed by atoms with Crippen molar-refractivity contribution in [3.05, 3.63) is 71.9 Å². The van der Waals surface area contributed by atoms with Gasteiger partial charge in [0.2, 0.25) is 5.91 Å². The maximum atomic E-state index is 13.0. The summed E-state index contributed by atoms with van der Waals surface area (Å²) in [6.07, 6.45) is 4.05. The van der Waals surface area contributed by atoms with E-state index < -0.39 is 17.6 Å². The van der Waals surface area contributed by atoms with Gasteiger partial charge in [0.25, 0.3) is 5.91 Å². The van der Waals surface area contributed by atoms with Gasteiger partial charge in [0, 0.05) is 60.4 Å². The van der Waals surface area contributed by atoms with Gasteiger partial charge in [-0.2, -0.15) is 24.9 Å². The summed E-state index contributed by atoms with van der Waals surface area (Å²) in [5, 5.41) is 2.41. The first-order valence-corrected chi connectivity index (χ1v) is 14.8. The number of pyridine rings is 1. The monoisotopic (exact) mass is 597 g/mol. The molecule has 3 N–H and O–H groups in total. The summed E-state index contributed by atoms with van der Waals surface area (Å²) in [5.41, 5.74) is 7.52. The topological polar surface area (TPSA) is 119 Å². The Balaban J connectivity index is 1.41. The average Bonchev–Trinajstić information content (AvgIpc) is 3.37. The molecule has 5 rings (SSSR count). The number of nitrogens with zero attached hydrogens (tertiary/aromatic N) is 5. The largest absolute Gasteiger partial charge is 0.416 e. The van der Waals surface area contributed by atoms with Crippen molar-refractivity contribution in [1.29, 1.82) is 0 Å². The predicted molar refractivity (Wildman–Crippen MR) is 156 cm³/mol. The number of nitrogens with two attached hydrogens (primary N) is 1. The lowest BCUT2D eigenvalue weighted by atomic mass is 9.92. The van der Waals surface area contributed by atoms with Gasteiger partial charge in [-0.1, -0.05) is 12.1 Å².